The Hall–Kier alpha value is -7.37. The zero-order chi connectivity index (χ0) is 35.6. The largest absolute Gasteiger partial charge is 0.456 e. The molecule has 252 valence electrons. The van der Waals surface area contributed by atoms with Crippen LogP contribution >= 0.6 is 0 Å². The Kier molecular flexibility index (Phi) is 6.79. The third-order valence-corrected chi connectivity index (χ3v) is 10.3. The standard InChI is InChI=1S/C49H29N3O2/c1-2-10-30(11-3-1)47-50-48(52-49(51-47)37-22-23-45-41(27-37)39-16-4-6-18-43(39)53-45)36-15-9-14-33(25-36)31-12-8-13-32(24-31)34-20-21-35-29-46-42(28-38(35)26-34)40-17-5-7-19-44(40)54-46/h1-29H. The average Bonchev–Trinajstić information content (AvgIpc) is 3.80. The number of benzene rings is 8. The first-order chi connectivity index (χ1) is 26.7. The van der Waals surface area contributed by atoms with Gasteiger partial charge in [0, 0.05) is 38.2 Å². The lowest BCUT2D eigenvalue weighted by Crippen LogP contribution is -2.00. The van der Waals surface area contributed by atoms with Crippen molar-refractivity contribution >= 4 is 54.6 Å². The maximum absolute atomic E-state index is 6.15. The van der Waals surface area contributed by atoms with Crippen LogP contribution in [0, 0.1) is 0 Å². The summed E-state index contributed by atoms with van der Waals surface area (Å²) in [5.41, 5.74) is 10.7. The van der Waals surface area contributed by atoms with Gasteiger partial charge in [0.25, 0.3) is 0 Å². The van der Waals surface area contributed by atoms with Crippen LogP contribution in [0.1, 0.15) is 0 Å². The van der Waals surface area contributed by atoms with Crippen molar-refractivity contribution in [2.45, 2.75) is 0 Å². The molecule has 0 unspecified atom stereocenters. The molecule has 0 aliphatic heterocycles. The summed E-state index contributed by atoms with van der Waals surface area (Å²) in [5, 5.41) is 6.69. The van der Waals surface area contributed by atoms with Gasteiger partial charge in [0.2, 0.25) is 0 Å². The predicted molar refractivity (Wildman–Crippen MR) is 219 cm³/mol. The van der Waals surface area contributed by atoms with Crippen LogP contribution in [0.3, 0.4) is 0 Å². The lowest BCUT2D eigenvalue weighted by molar-refractivity contribution is 0.669. The molecule has 5 nitrogen and oxygen atoms in total. The first kappa shape index (κ1) is 30.3. The highest BCUT2D eigenvalue weighted by Crippen LogP contribution is 2.36. The van der Waals surface area contributed by atoms with E-state index in [1.165, 1.54) is 5.39 Å². The number of nitrogens with zero attached hydrogens (tertiary/aromatic N) is 3. The maximum atomic E-state index is 6.15. The van der Waals surface area contributed by atoms with Gasteiger partial charge in [-0.05, 0) is 93.7 Å². The molecule has 0 spiro atoms. The van der Waals surface area contributed by atoms with Gasteiger partial charge in [-0.2, -0.15) is 0 Å². The van der Waals surface area contributed by atoms with E-state index in [9.17, 15) is 0 Å². The number of hydrogen-bond donors (Lipinski definition) is 0. The minimum atomic E-state index is 0.607. The Morgan fingerprint density at radius 2 is 0.741 bits per heavy atom. The summed E-state index contributed by atoms with van der Waals surface area (Å²) in [6.07, 6.45) is 0. The lowest BCUT2D eigenvalue weighted by atomic mass is 9.96. The molecule has 0 aliphatic rings. The van der Waals surface area contributed by atoms with Gasteiger partial charge in [-0.1, -0.05) is 115 Å². The number of fused-ring (bicyclic) bond motifs is 7. The molecule has 11 rings (SSSR count). The van der Waals surface area contributed by atoms with E-state index in [1.54, 1.807) is 0 Å². The van der Waals surface area contributed by atoms with Gasteiger partial charge in [0.1, 0.15) is 22.3 Å². The van der Waals surface area contributed by atoms with Crippen molar-refractivity contribution in [3.63, 3.8) is 0 Å². The highest BCUT2D eigenvalue weighted by Gasteiger charge is 2.16. The van der Waals surface area contributed by atoms with E-state index in [0.29, 0.717) is 17.5 Å². The number of aromatic nitrogens is 3. The summed E-state index contributed by atoms with van der Waals surface area (Å²) in [7, 11) is 0. The Bertz CT molecular complexity index is 3230. The predicted octanol–water partition coefficient (Wildman–Crippen LogP) is 13.2. The molecule has 0 bridgehead atoms. The van der Waals surface area contributed by atoms with Gasteiger partial charge >= 0.3 is 0 Å². The van der Waals surface area contributed by atoms with Gasteiger partial charge < -0.3 is 8.83 Å². The van der Waals surface area contributed by atoms with Crippen LogP contribution in [-0.4, -0.2) is 15.0 Å². The van der Waals surface area contributed by atoms with E-state index < -0.39 is 0 Å². The van der Waals surface area contributed by atoms with Crippen molar-refractivity contribution < 1.29 is 8.83 Å². The van der Waals surface area contributed by atoms with E-state index >= 15 is 0 Å². The Labute approximate surface area is 309 Å². The molecule has 0 saturated heterocycles. The zero-order valence-electron chi connectivity index (χ0n) is 28.9. The minimum Gasteiger partial charge on any atom is -0.456 e. The molecule has 0 aliphatic carbocycles. The minimum absolute atomic E-state index is 0.607. The highest BCUT2D eigenvalue weighted by molar-refractivity contribution is 6.10. The van der Waals surface area contributed by atoms with E-state index in [4.69, 9.17) is 23.8 Å². The second-order valence-electron chi connectivity index (χ2n) is 13.7. The molecule has 5 heteroatoms. The molecule has 0 N–H and O–H groups in total. The van der Waals surface area contributed by atoms with Gasteiger partial charge in [-0.3, -0.25) is 0 Å². The average molecular weight is 692 g/mol. The Morgan fingerprint density at radius 1 is 0.259 bits per heavy atom. The zero-order valence-corrected chi connectivity index (χ0v) is 28.9. The second-order valence-corrected chi connectivity index (χ2v) is 13.7. The van der Waals surface area contributed by atoms with Gasteiger partial charge in [-0.15, -0.1) is 0 Å². The van der Waals surface area contributed by atoms with Crippen LogP contribution < -0.4 is 0 Å². The number of para-hydroxylation sites is 2. The normalized spacial score (nSPS) is 11.7. The molecule has 8 aromatic carbocycles. The van der Waals surface area contributed by atoms with E-state index in [0.717, 1.165) is 88.2 Å². The molecular formula is C49H29N3O2. The van der Waals surface area contributed by atoms with Gasteiger partial charge in [-0.25, -0.2) is 15.0 Å². The topological polar surface area (TPSA) is 65.0 Å². The summed E-state index contributed by atoms with van der Waals surface area (Å²) in [6, 6.07) is 60.7. The first-order valence-electron chi connectivity index (χ1n) is 18.0. The fourth-order valence-electron chi connectivity index (χ4n) is 7.58. The number of rotatable bonds is 5. The summed E-state index contributed by atoms with van der Waals surface area (Å²) in [4.78, 5) is 15.1. The fourth-order valence-corrected chi connectivity index (χ4v) is 7.58. The third-order valence-electron chi connectivity index (χ3n) is 10.3. The van der Waals surface area contributed by atoms with Gasteiger partial charge in [0.05, 0.1) is 0 Å². The van der Waals surface area contributed by atoms with Crippen molar-refractivity contribution in [2.24, 2.45) is 0 Å². The molecule has 3 aromatic heterocycles. The monoisotopic (exact) mass is 691 g/mol. The van der Waals surface area contributed by atoms with Crippen molar-refractivity contribution in [2.75, 3.05) is 0 Å². The summed E-state index contributed by atoms with van der Waals surface area (Å²) in [6.45, 7) is 0. The summed E-state index contributed by atoms with van der Waals surface area (Å²) in [5.74, 6) is 1.84. The molecule has 0 radical (unpaired) electrons. The molecule has 11 aromatic rings. The van der Waals surface area contributed by atoms with Crippen LogP contribution in [0.5, 0.6) is 0 Å². The van der Waals surface area contributed by atoms with Crippen LogP contribution in [0.15, 0.2) is 185 Å². The van der Waals surface area contributed by atoms with Gasteiger partial charge in [0.15, 0.2) is 17.5 Å². The van der Waals surface area contributed by atoms with Crippen molar-refractivity contribution in [1.29, 1.82) is 0 Å². The van der Waals surface area contributed by atoms with Crippen LogP contribution in [-0.2, 0) is 0 Å². The molecule has 3 heterocycles. The Morgan fingerprint density at radius 3 is 1.44 bits per heavy atom. The molecular weight excluding hydrogens is 663 g/mol. The SMILES string of the molecule is c1ccc(-c2nc(-c3cccc(-c4cccc(-c5ccc6cc7oc8ccccc8c7cc6c5)c4)c3)nc(-c3ccc4oc5ccccc5c4c3)n2)cc1. The molecule has 54 heavy (non-hydrogen) atoms. The van der Waals surface area contributed by atoms with E-state index in [1.807, 2.05) is 72.8 Å². The Balaban J connectivity index is 0.990. The molecule has 0 fully saturated rings. The van der Waals surface area contributed by atoms with Crippen LogP contribution in [0.25, 0.3) is 111 Å². The lowest BCUT2D eigenvalue weighted by Gasteiger charge is -2.11. The second kappa shape index (κ2) is 12.1. The molecule has 0 amide bonds. The highest BCUT2D eigenvalue weighted by atomic mass is 16.3. The number of hydrogen-bond acceptors (Lipinski definition) is 5. The smallest absolute Gasteiger partial charge is 0.164 e. The summed E-state index contributed by atoms with van der Waals surface area (Å²) >= 11 is 0. The van der Waals surface area contributed by atoms with Crippen LogP contribution in [0.4, 0.5) is 0 Å². The molecule has 0 saturated carbocycles. The first-order valence-corrected chi connectivity index (χ1v) is 18.0. The fraction of sp³-hybridized carbons (Fsp3) is 0. The maximum Gasteiger partial charge on any atom is 0.164 e. The van der Waals surface area contributed by atoms with Crippen molar-refractivity contribution in [3.8, 4) is 56.4 Å². The number of furan rings is 2. The quantitative estimate of drug-likeness (QED) is 0.180. The summed E-state index contributed by atoms with van der Waals surface area (Å²) < 4.78 is 12.3. The van der Waals surface area contributed by atoms with Crippen molar-refractivity contribution in [1.82, 2.24) is 15.0 Å². The van der Waals surface area contributed by atoms with E-state index in [-0.39, 0.29) is 0 Å². The van der Waals surface area contributed by atoms with E-state index in [2.05, 4.69) is 103 Å². The third kappa shape index (κ3) is 5.13. The van der Waals surface area contributed by atoms with Crippen LogP contribution in [0.2, 0.25) is 0 Å². The van der Waals surface area contributed by atoms with Crippen molar-refractivity contribution in [3.05, 3.63) is 176 Å². The molecule has 0 atom stereocenters.